The number of methoxy groups -OCH3 is 1. The van der Waals surface area contributed by atoms with Crippen LogP contribution >= 0.6 is 0 Å². The zero-order chi connectivity index (χ0) is 22.2. The monoisotopic (exact) mass is 427 g/mol. The summed E-state index contributed by atoms with van der Waals surface area (Å²) < 4.78 is 5.45. The van der Waals surface area contributed by atoms with E-state index in [2.05, 4.69) is 5.32 Å². The molecule has 2 saturated carbocycles. The van der Waals surface area contributed by atoms with Crippen LogP contribution in [-0.2, 0) is 16.1 Å². The molecule has 2 bridgehead atoms. The van der Waals surface area contributed by atoms with Crippen LogP contribution in [0.4, 0.5) is 0 Å². The maximum absolute atomic E-state index is 13.8. The Bertz CT molecular complexity index is 888. The molecule has 0 spiro atoms. The number of likely N-dealkylation sites (tertiary alicyclic amines) is 1. The molecule has 1 aromatic rings. The summed E-state index contributed by atoms with van der Waals surface area (Å²) in [5, 5.41) is 10.7. The smallest absolute Gasteiger partial charge is 0.246 e. The van der Waals surface area contributed by atoms with Crippen LogP contribution < -0.4 is 21.5 Å². The van der Waals surface area contributed by atoms with Gasteiger partial charge in [-0.3, -0.25) is 15.0 Å². The maximum Gasteiger partial charge on any atom is 0.246 e. The molecule has 8 heteroatoms. The fourth-order valence-corrected chi connectivity index (χ4v) is 6.30. The van der Waals surface area contributed by atoms with Crippen molar-refractivity contribution in [2.45, 2.75) is 50.6 Å². The highest BCUT2D eigenvalue weighted by atomic mass is 16.5. The molecule has 1 aromatic carbocycles. The highest BCUT2D eigenvalue weighted by Gasteiger charge is 2.59. The molecule has 1 saturated heterocycles. The molecule has 1 aliphatic heterocycles. The highest BCUT2D eigenvalue weighted by molar-refractivity contribution is 5.95. The first-order valence-electron chi connectivity index (χ1n) is 11.2. The number of amides is 2. The van der Waals surface area contributed by atoms with Gasteiger partial charge < -0.3 is 26.4 Å². The molecule has 3 aliphatic rings. The van der Waals surface area contributed by atoms with Gasteiger partial charge in [-0.2, -0.15) is 0 Å². The molecule has 8 nitrogen and oxygen atoms in total. The SMILES string of the molecule is COc1cc(C(=N)N)ccc1CNC(=O)[C@]1(C2CC3CCC2C3)CCCN1C(=O)CN. The Morgan fingerprint density at radius 2 is 2.13 bits per heavy atom. The lowest BCUT2D eigenvalue weighted by atomic mass is 9.71. The number of carbonyl (C=O) groups excluding carboxylic acids is 2. The number of nitrogens with two attached hydrogens (primary N) is 2. The summed E-state index contributed by atoms with van der Waals surface area (Å²) in [4.78, 5) is 28.3. The summed E-state index contributed by atoms with van der Waals surface area (Å²) >= 11 is 0. The average molecular weight is 428 g/mol. The van der Waals surface area contributed by atoms with E-state index in [0.717, 1.165) is 24.8 Å². The topological polar surface area (TPSA) is 135 Å². The van der Waals surface area contributed by atoms with Crippen molar-refractivity contribution in [1.82, 2.24) is 10.2 Å². The van der Waals surface area contributed by atoms with E-state index in [-0.39, 0.29) is 36.7 Å². The Balaban J connectivity index is 1.59. The summed E-state index contributed by atoms with van der Waals surface area (Å²) in [7, 11) is 1.56. The molecule has 0 aromatic heterocycles. The minimum atomic E-state index is -0.803. The Kier molecular flexibility index (Phi) is 5.92. The van der Waals surface area contributed by atoms with Gasteiger partial charge in [-0.25, -0.2) is 0 Å². The number of nitrogens with one attached hydrogen (secondary N) is 2. The lowest BCUT2D eigenvalue weighted by Crippen LogP contribution is -2.63. The Morgan fingerprint density at radius 1 is 1.32 bits per heavy atom. The normalized spacial score (nSPS) is 29.2. The first-order chi connectivity index (χ1) is 14.9. The number of hydrogen-bond acceptors (Lipinski definition) is 5. The second-order valence-electron chi connectivity index (χ2n) is 9.18. The van der Waals surface area contributed by atoms with Gasteiger partial charge in [-0.15, -0.1) is 0 Å². The van der Waals surface area contributed by atoms with Crippen LogP contribution in [-0.4, -0.2) is 48.3 Å². The van der Waals surface area contributed by atoms with Gasteiger partial charge in [0.25, 0.3) is 0 Å². The number of benzene rings is 1. The van der Waals surface area contributed by atoms with Gasteiger partial charge in [0.1, 0.15) is 17.1 Å². The number of amidine groups is 1. The number of fused-ring (bicyclic) bond motifs is 2. The van der Waals surface area contributed by atoms with Crippen molar-refractivity contribution in [2.75, 3.05) is 20.2 Å². The summed E-state index contributed by atoms with van der Waals surface area (Å²) in [5.41, 5.74) is 11.9. The van der Waals surface area contributed by atoms with E-state index in [0.29, 0.717) is 36.1 Å². The van der Waals surface area contributed by atoms with Crippen molar-refractivity contribution in [3.63, 3.8) is 0 Å². The lowest BCUT2D eigenvalue weighted by Gasteiger charge is -2.45. The molecule has 3 unspecified atom stereocenters. The Morgan fingerprint density at radius 3 is 2.74 bits per heavy atom. The molecule has 4 rings (SSSR count). The van der Waals surface area contributed by atoms with Crippen molar-refractivity contribution in [1.29, 1.82) is 5.41 Å². The molecule has 0 radical (unpaired) electrons. The van der Waals surface area contributed by atoms with E-state index in [1.165, 1.54) is 12.8 Å². The molecule has 168 valence electrons. The summed E-state index contributed by atoms with van der Waals surface area (Å²) in [6.07, 6.45) is 6.09. The average Bonchev–Trinajstić information content (AvgIpc) is 3.52. The van der Waals surface area contributed by atoms with E-state index in [1.807, 2.05) is 6.07 Å². The van der Waals surface area contributed by atoms with E-state index in [9.17, 15) is 9.59 Å². The van der Waals surface area contributed by atoms with Crippen LogP contribution in [0.15, 0.2) is 18.2 Å². The van der Waals surface area contributed by atoms with Gasteiger partial charge in [0.2, 0.25) is 11.8 Å². The largest absolute Gasteiger partial charge is 0.496 e. The molecule has 4 atom stereocenters. The van der Waals surface area contributed by atoms with Gasteiger partial charge in [0, 0.05) is 24.2 Å². The standard InChI is InChI=1S/C23H33N5O3/c1-31-19-11-16(21(25)26)5-6-17(19)13-27-22(30)23(7-2-8-28(23)20(29)12-24)18-10-14-3-4-15(18)9-14/h5-6,11,14-15,18H,2-4,7-10,12-13,24H2,1H3,(H3,25,26)(H,27,30)/t14?,15?,18?,23-/m1/s1. The summed E-state index contributed by atoms with van der Waals surface area (Å²) in [5.74, 6) is 1.70. The van der Waals surface area contributed by atoms with Gasteiger partial charge in [-0.05, 0) is 55.9 Å². The summed E-state index contributed by atoms with van der Waals surface area (Å²) in [6.45, 7) is 0.803. The van der Waals surface area contributed by atoms with Gasteiger partial charge in [0.15, 0.2) is 0 Å². The predicted octanol–water partition coefficient (Wildman–Crippen LogP) is 1.35. The zero-order valence-corrected chi connectivity index (χ0v) is 18.2. The number of hydrogen-bond donors (Lipinski definition) is 4. The highest BCUT2D eigenvalue weighted by Crippen LogP contribution is 2.56. The fourth-order valence-electron chi connectivity index (χ4n) is 6.30. The molecule has 1 heterocycles. The molecule has 6 N–H and O–H groups in total. The number of rotatable bonds is 7. The van der Waals surface area contributed by atoms with Crippen LogP contribution in [0.5, 0.6) is 5.75 Å². The Labute approximate surface area is 183 Å². The predicted molar refractivity (Wildman–Crippen MR) is 118 cm³/mol. The van der Waals surface area contributed by atoms with Crippen molar-refractivity contribution in [3.05, 3.63) is 29.3 Å². The Hall–Kier alpha value is -2.61. The molecule has 31 heavy (non-hydrogen) atoms. The van der Waals surface area contributed by atoms with E-state index < -0.39 is 5.54 Å². The third kappa shape index (κ3) is 3.67. The minimum absolute atomic E-state index is 0.0361. The van der Waals surface area contributed by atoms with E-state index in [4.69, 9.17) is 21.6 Å². The second kappa shape index (κ2) is 8.49. The molecule has 3 fully saturated rings. The van der Waals surface area contributed by atoms with Crippen LogP contribution in [0.25, 0.3) is 0 Å². The van der Waals surface area contributed by atoms with Crippen molar-refractivity contribution in [2.24, 2.45) is 29.2 Å². The van der Waals surface area contributed by atoms with Gasteiger partial charge >= 0.3 is 0 Å². The third-order valence-electron chi connectivity index (χ3n) is 7.68. The van der Waals surface area contributed by atoms with Crippen LogP contribution in [0.3, 0.4) is 0 Å². The quantitative estimate of drug-likeness (QED) is 0.385. The van der Waals surface area contributed by atoms with Gasteiger partial charge in [-0.1, -0.05) is 18.6 Å². The van der Waals surface area contributed by atoms with Crippen LogP contribution in [0, 0.1) is 23.2 Å². The fraction of sp³-hybridized carbons (Fsp3) is 0.609. The zero-order valence-electron chi connectivity index (χ0n) is 18.2. The number of ether oxygens (including phenoxy) is 1. The molecule has 2 aliphatic carbocycles. The minimum Gasteiger partial charge on any atom is -0.496 e. The first-order valence-corrected chi connectivity index (χ1v) is 11.2. The van der Waals surface area contributed by atoms with E-state index in [1.54, 1.807) is 24.1 Å². The number of nitrogens with zero attached hydrogens (tertiary/aromatic N) is 1. The third-order valence-corrected chi connectivity index (χ3v) is 7.68. The molecule has 2 amide bonds. The maximum atomic E-state index is 13.8. The molecular formula is C23H33N5O3. The lowest BCUT2D eigenvalue weighted by molar-refractivity contribution is -0.149. The number of carbonyl (C=O) groups is 2. The number of nitrogen functional groups attached to an aromatic ring is 1. The van der Waals surface area contributed by atoms with E-state index >= 15 is 0 Å². The van der Waals surface area contributed by atoms with Gasteiger partial charge in [0.05, 0.1) is 13.7 Å². The van der Waals surface area contributed by atoms with Crippen molar-refractivity contribution < 1.29 is 14.3 Å². The van der Waals surface area contributed by atoms with Crippen molar-refractivity contribution >= 4 is 17.6 Å². The summed E-state index contributed by atoms with van der Waals surface area (Å²) in [6, 6.07) is 5.27. The molecular weight excluding hydrogens is 394 g/mol. The van der Waals surface area contributed by atoms with Crippen LogP contribution in [0.1, 0.15) is 49.7 Å². The van der Waals surface area contributed by atoms with Crippen molar-refractivity contribution in [3.8, 4) is 5.75 Å². The second-order valence-corrected chi connectivity index (χ2v) is 9.18. The first kappa shape index (κ1) is 21.6. The van der Waals surface area contributed by atoms with Crippen LogP contribution in [0.2, 0.25) is 0 Å².